The molecule has 104 valence electrons. The number of hydrogen-bond donors (Lipinski definition) is 1. The highest BCUT2D eigenvalue weighted by Gasteiger charge is 2.32. The fourth-order valence-electron chi connectivity index (χ4n) is 2.86. The monoisotopic (exact) mass is 329 g/mol. The zero-order valence-corrected chi connectivity index (χ0v) is 13.6. The van der Waals surface area contributed by atoms with Crippen molar-refractivity contribution in [2.75, 3.05) is 5.32 Å². The zero-order valence-electron chi connectivity index (χ0n) is 12.0. The van der Waals surface area contributed by atoms with E-state index in [0.29, 0.717) is 6.04 Å². The van der Waals surface area contributed by atoms with Crippen LogP contribution >= 0.6 is 15.9 Å². The molecule has 1 atom stereocenters. The van der Waals surface area contributed by atoms with Gasteiger partial charge < -0.3 is 5.32 Å². The van der Waals surface area contributed by atoms with Gasteiger partial charge in [0.2, 0.25) is 0 Å². The van der Waals surface area contributed by atoms with Crippen molar-refractivity contribution in [3.8, 4) is 0 Å². The Bertz CT molecular complexity index is 579. The minimum absolute atomic E-state index is 0.440. The van der Waals surface area contributed by atoms with Gasteiger partial charge in [-0.1, -0.05) is 46.3 Å². The first-order valence-corrected chi connectivity index (χ1v) is 8.02. The van der Waals surface area contributed by atoms with Crippen LogP contribution in [-0.2, 0) is 0 Å². The molecule has 2 heteroatoms. The Labute approximate surface area is 129 Å². The molecule has 0 aromatic heterocycles. The van der Waals surface area contributed by atoms with E-state index in [1.165, 1.54) is 35.2 Å². The van der Waals surface area contributed by atoms with Gasteiger partial charge >= 0.3 is 0 Å². The van der Waals surface area contributed by atoms with Crippen LogP contribution in [0.25, 0.3) is 0 Å². The average Bonchev–Trinajstić information content (AvgIpc) is 3.23. The Morgan fingerprint density at radius 1 is 1.05 bits per heavy atom. The number of benzene rings is 2. The molecular formula is C18H20BrN. The van der Waals surface area contributed by atoms with Gasteiger partial charge in [0, 0.05) is 10.2 Å². The number of anilines is 1. The lowest BCUT2D eigenvalue weighted by Gasteiger charge is -2.23. The molecule has 1 N–H and O–H groups in total. The van der Waals surface area contributed by atoms with Gasteiger partial charge in [-0.05, 0) is 61.4 Å². The van der Waals surface area contributed by atoms with Crippen LogP contribution in [0.1, 0.15) is 35.6 Å². The summed E-state index contributed by atoms with van der Waals surface area (Å²) in [5.41, 5.74) is 5.29. The van der Waals surface area contributed by atoms with E-state index < -0.39 is 0 Å². The van der Waals surface area contributed by atoms with E-state index in [9.17, 15) is 0 Å². The van der Waals surface area contributed by atoms with E-state index in [1.54, 1.807) is 0 Å². The Morgan fingerprint density at radius 3 is 2.20 bits per heavy atom. The number of halogens is 1. The molecule has 0 aliphatic heterocycles. The molecule has 1 unspecified atom stereocenters. The Balaban J connectivity index is 1.92. The number of aryl methyl sites for hydroxylation is 2. The maximum absolute atomic E-state index is 3.80. The second kappa shape index (κ2) is 5.61. The van der Waals surface area contributed by atoms with Crippen molar-refractivity contribution in [3.63, 3.8) is 0 Å². The van der Waals surface area contributed by atoms with Crippen LogP contribution in [0.5, 0.6) is 0 Å². The van der Waals surface area contributed by atoms with E-state index in [1.807, 2.05) is 0 Å². The lowest BCUT2D eigenvalue weighted by Crippen LogP contribution is -2.14. The first-order chi connectivity index (χ1) is 9.65. The van der Waals surface area contributed by atoms with E-state index in [4.69, 9.17) is 0 Å². The molecule has 0 radical (unpaired) electrons. The van der Waals surface area contributed by atoms with Gasteiger partial charge in [0.15, 0.2) is 0 Å². The topological polar surface area (TPSA) is 12.0 Å². The standard InChI is InChI=1S/C18H20BrN/c1-12-10-16(19)11-13(2)17(12)20-18(15-8-9-15)14-6-4-3-5-7-14/h3-7,10-11,15,18,20H,8-9H2,1-2H3. The maximum Gasteiger partial charge on any atom is 0.0542 e. The minimum atomic E-state index is 0.440. The number of rotatable bonds is 4. The normalized spacial score (nSPS) is 15.9. The maximum atomic E-state index is 3.80. The third-order valence-electron chi connectivity index (χ3n) is 4.05. The summed E-state index contributed by atoms with van der Waals surface area (Å²) < 4.78 is 1.15. The van der Waals surface area contributed by atoms with Crippen LogP contribution in [0.2, 0.25) is 0 Å². The highest BCUT2D eigenvalue weighted by atomic mass is 79.9. The van der Waals surface area contributed by atoms with Crippen LogP contribution in [-0.4, -0.2) is 0 Å². The molecule has 1 nitrogen and oxygen atoms in total. The second-order valence-electron chi connectivity index (χ2n) is 5.78. The SMILES string of the molecule is Cc1cc(Br)cc(C)c1NC(c1ccccc1)C1CC1. The molecule has 0 saturated heterocycles. The molecule has 0 amide bonds. The fraction of sp³-hybridized carbons (Fsp3) is 0.333. The number of nitrogens with one attached hydrogen (secondary N) is 1. The molecule has 2 aromatic carbocycles. The van der Waals surface area contributed by atoms with Crippen molar-refractivity contribution >= 4 is 21.6 Å². The number of hydrogen-bond acceptors (Lipinski definition) is 1. The second-order valence-corrected chi connectivity index (χ2v) is 6.70. The van der Waals surface area contributed by atoms with Crippen LogP contribution in [0.15, 0.2) is 46.9 Å². The van der Waals surface area contributed by atoms with Gasteiger partial charge in [0.1, 0.15) is 0 Å². The van der Waals surface area contributed by atoms with Crippen molar-refractivity contribution in [2.24, 2.45) is 5.92 Å². The molecule has 1 aliphatic rings. The summed E-state index contributed by atoms with van der Waals surface area (Å²) in [5, 5.41) is 3.80. The average molecular weight is 330 g/mol. The van der Waals surface area contributed by atoms with Crippen molar-refractivity contribution < 1.29 is 0 Å². The minimum Gasteiger partial charge on any atom is -0.378 e. The molecule has 0 bridgehead atoms. The summed E-state index contributed by atoms with van der Waals surface area (Å²) in [6.45, 7) is 4.35. The molecular weight excluding hydrogens is 310 g/mol. The van der Waals surface area contributed by atoms with Crippen molar-refractivity contribution in [2.45, 2.75) is 32.7 Å². The fourth-order valence-corrected chi connectivity index (χ4v) is 3.54. The molecule has 1 fully saturated rings. The van der Waals surface area contributed by atoms with Crippen molar-refractivity contribution in [3.05, 3.63) is 63.6 Å². The van der Waals surface area contributed by atoms with Crippen LogP contribution in [0.4, 0.5) is 5.69 Å². The molecule has 1 aliphatic carbocycles. The van der Waals surface area contributed by atoms with Gasteiger partial charge in [0.25, 0.3) is 0 Å². The summed E-state index contributed by atoms with van der Waals surface area (Å²) in [5.74, 6) is 0.778. The summed E-state index contributed by atoms with van der Waals surface area (Å²) >= 11 is 3.57. The predicted octanol–water partition coefficient (Wildman–Crippen LogP) is 5.63. The lowest BCUT2D eigenvalue weighted by atomic mass is 10.0. The quantitative estimate of drug-likeness (QED) is 0.766. The van der Waals surface area contributed by atoms with Gasteiger partial charge in [-0.25, -0.2) is 0 Å². The van der Waals surface area contributed by atoms with E-state index in [2.05, 4.69) is 77.6 Å². The largest absolute Gasteiger partial charge is 0.378 e. The van der Waals surface area contributed by atoms with E-state index in [0.717, 1.165) is 10.4 Å². The highest BCUT2D eigenvalue weighted by molar-refractivity contribution is 9.10. The summed E-state index contributed by atoms with van der Waals surface area (Å²) in [7, 11) is 0. The third-order valence-corrected chi connectivity index (χ3v) is 4.51. The Morgan fingerprint density at radius 2 is 1.65 bits per heavy atom. The van der Waals surface area contributed by atoms with Crippen molar-refractivity contribution in [1.82, 2.24) is 0 Å². The zero-order chi connectivity index (χ0) is 14.1. The Hall–Kier alpha value is -1.28. The molecule has 0 spiro atoms. The first kappa shape index (κ1) is 13.7. The smallest absolute Gasteiger partial charge is 0.0542 e. The summed E-state index contributed by atoms with van der Waals surface area (Å²) in [4.78, 5) is 0. The third kappa shape index (κ3) is 2.90. The van der Waals surface area contributed by atoms with Crippen LogP contribution in [0, 0.1) is 19.8 Å². The Kier molecular flexibility index (Phi) is 3.84. The van der Waals surface area contributed by atoms with Gasteiger partial charge in [-0.2, -0.15) is 0 Å². The summed E-state index contributed by atoms with van der Waals surface area (Å²) in [6.07, 6.45) is 2.67. The van der Waals surface area contributed by atoms with Crippen LogP contribution < -0.4 is 5.32 Å². The molecule has 2 aromatic rings. The van der Waals surface area contributed by atoms with Crippen molar-refractivity contribution in [1.29, 1.82) is 0 Å². The highest BCUT2D eigenvalue weighted by Crippen LogP contribution is 2.43. The van der Waals surface area contributed by atoms with E-state index >= 15 is 0 Å². The van der Waals surface area contributed by atoms with Gasteiger partial charge in [0.05, 0.1) is 6.04 Å². The molecule has 1 saturated carbocycles. The summed E-state index contributed by atoms with van der Waals surface area (Å²) in [6, 6.07) is 15.6. The molecule has 20 heavy (non-hydrogen) atoms. The molecule has 3 rings (SSSR count). The predicted molar refractivity (Wildman–Crippen MR) is 89.1 cm³/mol. The van der Waals surface area contributed by atoms with Gasteiger partial charge in [-0.15, -0.1) is 0 Å². The van der Waals surface area contributed by atoms with Crippen LogP contribution in [0.3, 0.4) is 0 Å². The first-order valence-electron chi connectivity index (χ1n) is 7.23. The van der Waals surface area contributed by atoms with E-state index in [-0.39, 0.29) is 0 Å². The lowest BCUT2D eigenvalue weighted by molar-refractivity contribution is 0.677. The molecule has 0 heterocycles. The van der Waals surface area contributed by atoms with Gasteiger partial charge in [-0.3, -0.25) is 0 Å².